The van der Waals surface area contributed by atoms with Crippen LogP contribution in [0.2, 0.25) is 0 Å². The third-order valence-electron chi connectivity index (χ3n) is 6.96. The molecule has 2 unspecified atom stereocenters. The molecular weight excluding hydrogens is 424 g/mol. The summed E-state index contributed by atoms with van der Waals surface area (Å²) in [6.07, 6.45) is 1.09. The maximum absolute atomic E-state index is 13.6. The number of hydrogen-bond donors (Lipinski definition) is 3. The summed E-state index contributed by atoms with van der Waals surface area (Å²) in [5, 5.41) is 8.88. The normalized spacial score (nSPS) is 29.2. The summed E-state index contributed by atoms with van der Waals surface area (Å²) < 4.78 is 11.7. The lowest BCUT2D eigenvalue weighted by atomic mass is 9.83. The molecule has 0 aromatic heterocycles. The summed E-state index contributed by atoms with van der Waals surface area (Å²) in [5.74, 6) is 0.0322. The van der Waals surface area contributed by atoms with Crippen LogP contribution >= 0.6 is 0 Å². The number of amides is 3. The van der Waals surface area contributed by atoms with Gasteiger partial charge in [-0.05, 0) is 31.9 Å². The van der Waals surface area contributed by atoms with E-state index in [0.717, 1.165) is 11.3 Å². The fraction of sp³-hybridized carbons (Fsp3) is 0.625. The van der Waals surface area contributed by atoms with Gasteiger partial charge in [0.1, 0.15) is 24.1 Å². The van der Waals surface area contributed by atoms with Crippen LogP contribution in [-0.4, -0.2) is 67.2 Å². The average Bonchev–Trinajstić information content (AvgIpc) is 2.99. The molecule has 3 heterocycles. The van der Waals surface area contributed by atoms with Crippen molar-refractivity contribution < 1.29 is 23.9 Å². The zero-order valence-electron chi connectivity index (χ0n) is 19.7. The number of carbonyl (C=O) groups is 3. The minimum atomic E-state index is -0.730. The lowest BCUT2D eigenvalue weighted by Gasteiger charge is -2.35. The van der Waals surface area contributed by atoms with Crippen LogP contribution in [-0.2, 0) is 19.1 Å². The van der Waals surface area contributed by atoms with Gasteiger partial charge in [0.05, 0.1) is 25.3 Å². The number of ether oxygens (including phenoxy) is 2. The predicted octanol–water partition coefficient (Wildman–Crippen LogP) is 1.09. The van der Waals surface area contributed by atoms with Crippen LogP contribution in [0.15, 0.2) is 24.3 Å². The molecule has 1 aromatic carbocycles. The van der Waals surface area contributed by atoms with E-state index in [1.54, 1.807) is 18.9 Å². The summed E-state index contributed by atoms with van der Waals surface area (Å²) in [5.41, 5.74) is 0.452. The Morgan fingerprint density at radius 1 is 1.12 bits per heavy atom. The van der Waals surface area contributed by atoms with Gasteiger partial charge < -0.3 is 30.3 Å². The second-order valence-corrected chi connectivity index (χ2v) is 9.76. The number of fused-ring (bicyclic) bond motifs is 2. The second-order valence-electron chi connectivity index (χ2n) is 9.76. The van der Waals surface area contributed by atoms with Gasteiger partial charge in [0, 0.05) is 18.4 Å². The molecule has 1 aromatic rings. The van der Waals surface area contributed by atoms with E-state index in [1.807, 2.05) is 38.1 Å². The average molecular weight is 459 g/mol. The van der Waals surface area contributed by atoms with Gasteiger partial charge in [-0.15, -0.1) is 0 Å². The van der Waals surface area contributed by atoms with E-state index >= 15 is 0 Å². The summed E-state index contributed by atoms with van der Waals surface area (Å²) in [6, 6.07) is 5.63. The van der Waals surface area contributed by atoms with Gasteiger partial charge in [-0.3, -0.25) is 14.4 Å². The quantitative estimate of drug-likeness (QED) is 0.610. The van der Waals surface area contributed by atoms with Crippen molar-refractivity contribution in [3.05, 3.63) is 29.8 Å². The summed E-state index contributed by atoms with van der Waals surface area (Å²) >= 11 is 0. The molecule has 0 spiro atoms. The highest BCUT2D eigenvalue weighted by Crippen LogP contribution is 2.43. The zero-order chi connectivity index (χ0) is 23.8. The molecule has 9 heteroatoms. The molecule has 3 amide bonds. The number of nitrogens with zero attached hydrogens (tertiary/aromatic N) is 1. The van der Waals surface area contributed by atoms with Gasteiger partial charge in [-0.1, -0.05) is 32.0 Å². The molecule has 5 atom stereocenters. The van der Waals surface area contributed by atoms with Gasteiger partial charge in [-0.2, -0.15) is 0 Å². The van der Waals surface area contributed by atoms with Crippen molar-refractivity contribution in [1.29, 1.82) is 0 Å². The Morgan fingerprint density at radius 3 is 2.61 bits per heavy atom. The molecule has 2 fully saturated rings. The van der Waals surface area contributed by atoms with E-state index < -0.39 is 29.8 Å². The van der Waals surface area contributed by atoms with E-state index in [2.05, 4.69) is 16.0 Å². The molecule has 0 aliphatic carbocycles. The molecule has 0 bridgehead atoms. The minimum Gasteiger partial charge on any atom is -0.493 e. The second kappa shape index (κ2) is 9.30. The highest BCUT2D eigenvalue weighted by atomic mass is 16.5. The molecule has 33 heavy (non-hydrogen) atoms. The standard InChI is InChI=1S/C24H34N4O5/c1-14(25-4)21(29)27-17-10-12-33-19-13-24(2,3)20(28(19)23(17)31)22(30)26-16-9-11-32-18-8-6-5-7-15(16)18/h5-8,14,16-17,19-20,25H,9-13H2,1-4H3,(H,26,30)(H,27,29)/t14-,16?,17?,19-,20+/m0/s1. The van der Waals surface area contributed by atoms with Crippen LogP contribution in [0.3, 0.4) is 0 Å². The zero-order valence-corrected chi connectivity index (χ0v) is 19.7. The van der Waals surface area contributed by atoms with Crippen molar-refractivity contribution in [2.24, 2.45) is 5.41 Å². The van der Waals surface area contributed by atoms with Crippen LogP contribution in [0.5, 0.6) is 5.75 Å². The van der Waals surface area contributed by atoms with Crippen LogP contribution in [0.1, 0.15) is 51.6 Å². The number of nitrogens with one attached hydrogen (secondary N) is 3. The van der Waals surface area contributed by atoms with E-state index in [4.69, 9.17) is 9.47 Å². The number of likely N-dealkylation sites (N-methyl/N-ethyl adjacent to an activating group) is 1. The molecule has 180 valence electrons. The molecule has 0 radical (unpaired) electrons. The van der Waals surface area contributed by atoms with E-state index in [1.165, 1.54) is 0 Å². The Morgan fingerprint density at radius 2 is 1.85 bits per heavy atom. The van der Waals surface area contributed by atoms with Crippen molar-refractivity contribution in [2.45, 2.75) is 70.4 Å². The molecular formula is C24H34N4O5. The van der Waals surface area contributed by atoms with Gasteiger partial charge in [-0.25, -0.2) is 0 Å². The van der Waals surface area contributed by atoms with Crippen molar-refractivity contribution >= 4 is 17.7 Å². The molecule has 4 rings (SSSR count). The fourth-order valence-corrected chi connectivity index (χ4v) is 5.02. The summed E-state index contributed by atoms with van der Waals surface area (Å²) in [6.45, 7) is 6.55. The lowest BCUT2D eigenvalue weighted by molar-refractivity contribution is -0.150. The van der Waals surface area contributed by atoms with E-state index in [9.17, 15) is 14.4 Å². The fourth-order valence-electron chi connectivity index (χ4n) is 5.02. The topological polar surface area (TPSA) is 109 Å². The Balaban J connectivity index is 1.56. The summed E-state index contributed by atoms with van der Waals surface area (Å²) in [7, 11) is 1.69. The van der Waals surface area contributed by atoms with Crippen molar-refractivity contribution in [2.75, 3.05) is 20.3 Å². The smallest absolute Gasteiger partial charge is 0.247 e. The first-order valence-corrected chi connectivity index (χ1v) is 11.7. The number of benzene rings is 1. The Kier molecular flexibility index (Phi) is 6.63. The number of hydrogen-bond acceptors (Lipinski definition) is 6. The third kappa shape index (κ3) is 4.56. The maximum atomic E-state index is 13.6. The lowest BCUT2D eigenvalue weighted by Crippen LogP contribution is -2.58. The molecule has 3 aliphatic heterocycles. The van der Waals surface area contributed by atoms with Crippen molar-refractivity contribution in [1.82, 2.24) is 20.9 Å². The van der Waals surface area contributed by atoms with Gasteiger partial charge >= 0.3 is 0 Å². The molecule has 3 N–H and O–H groups in total. The van der Waals surface area contributed by atoms with Crippen LogP contribution in [0.25, 0.3) is 0 Å². The molecule has 0 saturated carbocycles. The first-order chi connectivity index (χ1) is 15.7. The number of carbonyl (C=O) groups excluding carboxylic acids is 3. The third-order valence-corrected chi connectivity index (χ3v) is 6.96. The molecule has 9 nitrogen and oxygen atoms in total. The monoisotopic (exact) mass is 458 g/mol. The molecule has 3 aliphatic rings. The molecule has 2 saturated heterocycles. The highest BCUT2D eigenvalue weighted by molar-refractivity contribution is 5.94. The summed E-state index contributed by atoms with van der Waals surface area (Å²) in [4.78, 5) is 41.2. The van der Waals surface area contributed by atoms with Gasteiger partial charge in [0.25, 0.3) is 0 Å². The number of rotatable bonds is 5. The van der Waals surface area contributed by atoms with E-state index in [-0.39, 0.29) is 23.8 Å². The Bertz CT molecular complexity index is 920. The first kappa shape index (κ1) is 23.5. The Labute approximate surface area is 194 Å². The Hall–Kier alpha value is -2.65. The van der Waals surface area contributed by atoms with Crippen LogP contribution in [0, 0.1) is 5.41 Å². The highest BCUT2D eigenvalue weighted by Gasteiger charge is 2.55. The first-order valence-electron chi connectivity index (χ1n) is 11.7. The van der Waals surface area contributed by atoms with Crippen LogP contribution < -0.4 is 20.7 Å². The van der Waals surface area contributed by atoms with E-state index in [0.29, 0.717) is 32.5 Å². The largest absolute Gasteiger partial charge is 0.493 e. The minimum absolute atomic E-state index is 0.188. The van der Waals surface area contributed by atoms with Crippen molar-refractivity contribution in [3.63, 3.8) is 0 Å². The SMILES string of the molecule is CN[C@@H](C)C(=O)NC1CCO[C@H]2CC(C)(C)[C@@H](C(=O)NC3CCOc4ccccc43)N2C1=O. The van der Waals surface area contributed by atoms with Gasteiger partial charge in [0.2, 0.25) is 17.7 Å². The van der Waals surface area contributed by atoms with Crippen LogP contribution in [0.4, 0.5) is 0 Å². The maximum Gasteiger partial charge on any atom is 0.247 e. The van der Waals surface area contributed by atoms with Crippen molar-refractivity contribution in [3.8, 4) is 5.75 Å². The van der Waals surface area contributed by atoms with Gasteiger partial charge in [0.15, 0.2) is 0 Å². The predicted molar refractivity (Wildman–Crippen MR) is 121 cm³/mol. The number of para-hydroxylation sites is 1.